The number of benzene rings is 1. The highest BCUT2D eigenvalue weighted by molar-refractivity contribution is 7.17. The molecule has 1 fully saturated rings. The van der Waals surface area contributed by atoms with Crippen LogP contribution in [-0.2, 0) is 0 Å². The second kappa shape index (κ2) is 5.96. The van der Waals surface area contributed by atoms with Crippen LogP contribution in [-0.4, -0.2) is 53.1 Å². The van der Waals surface area contributed by atoms with Gasteiger partial charge in [0.1, 0.15) is 5.82 Å². The number of aromatic nitrogens is 3. The fraction of sp³-hybridized carbons (Fsp3) is 0.263. The molecule has 0 spiro atoms. The average molecular weight is 365 g/mol. The SMILES string of the molecule is CN1CCN(c2ccc3nc(-c4c[nH]c5ccsc5c4=O)[nH]c3c2)CC1. The van der Waals surface area contributed by atoms with Crippen molar-refractivity contribution in [1.29, 1.82) is 0 Å². The molecule has 1 aromatic carbocycles. The quantitative estimate of drug-likeness (QED) is 0.573. The van der Waals surface area contributed by atoms with Crippen molar-refractivity contribution in [3.63, 3.8) is 0 Å². The van der Waals surface area contributed by atoms with Gasteiger partial charge in [-0.3, -0.25) is 4.79 Å². The van der Waals surface area contributed by atoms with E-state index in [1.165, 1.54) is 17.0 Å². The average Bonchev–Trinajstić information content (AvgIpc) is 3.29. The molecule has 0 aliphatic carbocycles. The van der Waals surface area contributed by atoms with Crippen molar-refractivity contribution in [2.24, 2.45) is 0 Å². The number of piperazine rings is 1. The maximum absolute atomic E-state index is 12.7. The lowest BCUT2D eigenvalue weighted by Gasteiger charge is -2.34. The minimum Gasteiger partial charge on any atom is -0.369 e. The number of thiophene rings is 1. The van der Waals surface area contributed by atoms with Crippen molar-refractivity contribution in [3.8, 4) is 11.4 Å². The Morgan fingerprint density at radius 1 is 1.12 bits per heavy atom. The van der Waals surface area contributed by atoms with E-state index in [1.54, 1.807) is 6.20 Å². The summed E-state index contributed by atoms with van der Waals surface area (Å²) in [5.74, 6) is 0.618. The number of nitrogens with zero attached hydrogens (tertiary/aromatic N) is 3. The van der Waals surface area contributed by atoms with Crippen LogP contribution in [0.3, 0.4) is 0 Å². The van der Waals surface area contributed by atoms with Crippen LogP contribution in [0.4, 0.5) is 5.69 Å². The molecule has 3 aromatic heterocycles. The molecule has 0 unspecified atom stereocenters. The Bertz CT molecular complexity index is 1150. The standard InChI is InChI=1S/C19H19N5OS/c1-23-5-7-24(8-6-23)12-2-3-14-16(10-12)22-19(21-14)13-11-20-15-4-9-26-18(15)17(13)25/h2-4,9-11H,5-8H2,1H3,(H,20,25)(H,21,22). The van der Waals surface area contributed by atoms with Crippen molar-refractivity contribution >= 4 is 38.3 Å². The van der Waals surface area contributed by atoms with Crippen LogP contribution in [0.2, 0.25) is 0 Å². The highest BCUT2D eigenvalue weighted by Gasteiger charge is 2.16. The fourth-order valence-corrected chi connectivity index (χ4v) is 4.31. The summed E-state index contributed by atoms with van der Waals surface area (Å²) in [7, 11) is 2.16. The molecule has 2 N–H and O–H groups in total. The largest absolute Gasteiger partial charge is 0.369 e. The number of hydrogen-bond acceptors (Lipinski definition) is 5. The molecule has 0 saturated carbocycles. The number of rotatable bonds is 2. The van der Waals surface area contributed by atoms with Crippen LogP contribution in [0.25, 0.3) is 32.6 Å². The van der Waals surface area contributed by atoms with E-state index in [0.717, 1.165) is 47.4 Å². The molecule has 0 atom stereocenters. The van der Waals surface area contributed by atoms with Gasteiger partial charge in [0, 0.05) is 38.1 Å². The first-order valence-corrected chi connectivity index (χ1v) is 9.59. The highest BCUT2D eigenvalue weighted by Crippen LogP contribution is 2.25. The summed E-state index contributed by atoms with van der Waals surface area (Å²) < 4.78 is 0.737. The number of hydrogen-bond donors (Lipinski definition) is 2. The van der Waals surface area contributed by atoms with E-state index < -0.39 is 0 Å². The van der Waals surface area contributed by atoms with Gasteiger partial charge in [-0.2, -0.15) is 0 Å². The van der Waals surface area contributed by atoms with E-state index in [0.29, 0.717) is 11.4 Å². The summed E-state index contributed by atoms with van der Waals surface area (Å²) in [6.45, 7) is 4.19. The third kappa shape index (κ3) is 2.51. The molecule has 0 radical (unpaired) electrons. The maximum atomic E-state index is 12.7. The van der Waals surface area contributed by atoms with Crippen molar-refractivity contribution in [2.75, 3.05) is 38.1 Å². The Labute approximate surface area is 154 Å². The molecule has 4 aromatic rings. The number of H-pyrrole nitrogens is 2. The molecule has 1 aliphatic heterocycles. The molecule has 1 saturated heterocycles. The summed E-state index contributed by atoms with van der Waals surface area (Å²) >= 11 is 1.45. The Morgan fingerprint density at radius 3 is 2.81 bits per heavy atom. The molecule has 26 heavy (non-hydrogen) atoms. The van der Waals surface area contributed by atoms with Crippen LogP contribution >= 0.6 is 11.3 Å². The van der Waals surface area contributed by atoms with Gasteiger partial charge in [-0.25, -0.2) is 4.98 Å². The van der Waals surface area contributed by atoms with Gasteiger partial charge in [0.15, 0.2) is 0 Å². The van der Waals surface area contributed by atoms with Gasteiger partial charge in [0.25, 0.3) is 0 Å². The minimum atomic E-state index is 0.0205. The van der Waals surface area contributed by atoms with E-state index in [-0.39, 0.29) is 5.43 Å². The molecule has 1 aliphatic rings. The van der Waals surface area contributed by atoms with Gasteiger partial charge in [0.05, 0.1) is 26.8 Å². The first kappa shape index (κ1) is 15.6. The van der Waals surface area contributed by atoms with Gasteiger partial charge in [-0.05, 0) is 36.7 Å². The molecule has 5 rings (SSSR count). The predicted octanol–water partition coefficient (Wildman–Crippen LogP) is 2.88. The van der Waals surface area contributed by atoms with Gasteiger partial charge < -0.3 is 19.8 Å². The molecular weight excluding hydrogens is 346 g/mol. The highest BCUT2D eigenvalue weighted by atomic mass is 32.1. The monoisotopic (exact) mass is 365 g/mol. The van der Waals surface area contributed by atoms with Crippen molar-refractivity contribution in [2.45, 2.75) is 0 Å². The second-order valence-corrected chi connectivity index (χ2v) is 7.69. The summed E-state index contributed by atoms with van der Waals surface area (Å²) in [6.07, 6.45) is 1.75. The van der Waals surface area contributed by atoms with E-state index in [9.17, 15) is 4.79 Å². The minimum absolute atomic E-state index is 0.0205. The van der Waals surface area contributed by atoms with Gasteiger partial charge in [0.2, 0.25) is 5.43 Å². The Balaban J connectivity index is 1.55. The number of anilines is 1. The zero-order chi connectivity index (χ0) is 17.7. The topological polar surface area (TPSA) is 68.0 Å². The van der Waals surface area contributed by atoms with Crippen LogP contribution < -0.4 is 10.3 Å². The Kier molecular flexibility index (Phi) is 3.58. The molecular formula is C19H19N5OS. The van der Waals surface area contributed by atoms with Crippen LogP contribution in [0.5, 0.6) is 0 Å². The van der Waals surface area contributed by atoms with E-state index in [2.05, 4.69) is 43.9 Å². The second-order valence-electron chi connectivity index (χ2n) is 6.77. The molecule has 7 heteroatoms. The van der Waals surface area contributed by atoms with Crippen LogP contribution in [0.15, 0.2) is 40.6 Å². The van der Waals surface area contributed by atoms with Crippen molar-refractivity contribution in [1.82, 2.24) is 19.9 Å². The fourth-order valence-electron chi connectivity index (χ4n) is 3.50. The Morgan fingerprint density at radius 2 is 1.96 bits per heavy atom. The van der Waals surface area contributed by atoms with Gasteiger partial charge in [-0.1, -0.05) is 0 Å². The number of fused-ring (bicyclic) bond motifs is 2. The third-order valence-electron chi connectivity index (χ3n) is 5.08. The lowest BCUT2D eigenvalue weighted by Crippen LogP contribution is -2.44. The lowest BCUT2D eigenvalue weighted by molar-refractivity contribution is 0.313. The normalized spacial score (nSPS) is 16.0. The summed E-state index contributed by atoms with van der Waals surface area (Å²) in [5, 5.41) is 1.92. The predicted molar refractivity (Wildman–Crippen MR) is 107 cm³/mol. The number of likely N-dealkylation sites (N-methyl/N-ethyl adjacent to an activating group) is 1. The van der Waals surface area contributed by atoms with Gasteiger partial charge >= 0.3 is 0 Å². The maximum Gasteiger partial charge on any atom is 0.210 e. The molecule has 4 heterocycles. The molecule has 132 valence electrons. The zero-order valence-corrected chi connectivity index (χ0v) is 15.3. The Hall–Kier alpha value is -2.64. The molecule has 0 bridgehead atoms. The summed E-state index contributed by atoms with van der Waals surface area (Å²) in [4.78, 5) is 28.6. The van der Waals surface area contributed by atoms with Crippen LogP contribution in [0, 0.1) is 0 Å². The van der Waals surface area contributed by atoms with Crippen LogP contribution in [0.1, 0.15) is 0 Å². The van der Waals surface area contributed by atoms with E-state index in [4.69, 9.17) is 0 Å². The van der Waals surface area contributed by atoms with Gasteiger partial charge in [-0.15, -0.1) is 11.3 Å². The summed E-state index contributed by atoms with van der Waals surface area (Å²) in [6, 6.07) is 8.20. The lowest BCUT2D eigenvalue weighted by atomic mass is 10.2. The first-order chi connectivity index (χ1) is 12.7. The number of aromatic amines is 2. The first-order valence-electron chi connectivity index (χ1n) is 8.71. The third-order valence-corrected chi connectivity index (χ3v) is 5.99. The van der Waals surface area contributed by atoms with Crippen molar-refractivity contribution in [3.05, 3.63) is 46.1 Å². The summed E-state index contributed by atoms with van der Waals surface area (Å²) in [5.41, 5.74) is 4.51. The smallest absolute Gasteiger partial charge is 0.210 e. The van der Waals surface area contributed by atoms with E-state index in [1.807, 2.05) is 17.5 Å². The molecule has 0 amide bonds. The number of nitrogens with one attached hydrogen (secondary N) is 2. The van der Waals surface area contributed by atoms with E-state index >= 15 is 0 Å². The number of pyridine rings is 1. The number of imidazole rings is 1. The zero-order valence-electron chi connectivity index (χ0n) is 14.5. The molecule has 6 nitrogen and oxygen atoms in total. The van der Waals surface area contributed by atoms with Crippen molar-refractivity contribution < 1.29 is 0 Å².